The Morgan fingerprint density at radius 3 is 2.38 bits per heavy atom. The van der Waals surface area contributed by atoms with E-state index in [1.807, 2.05) is 0 Å². The van der Waals surface area contributed by atoms with E-state index in [-0.39, 0.29) is 56.4 Å². The predicted molar refractivity (Wildman–Crippen MR) is 161 cm³/mol. The van der Waals surface area contributed by atoms with E-state index in [1.165, 1.54) is 62.8 Å². The summed E-state index contributed by atoms with van der Waals surface area (Å²) in [6.07, 6.45) is -4.45. The van der Waals surface area contributed by atoms with Gasteiger partial charge in [-0.25, -0.2) is 5.43 Å². The first kappa shape index (κ1) is 31.7. The van der Waals surface area contributed by atoms with Crippen LogP contribution in [0.15, 0.2) is 79.9 Å². The molecule has 0 saturated heterocycles. The second kappa shape index (κ2) is 12.0. The first-order valence-electron chi connectivity index (χ1n) is 13.1. The Morgan fingerprint density at radius 1 is 1.04 bits per heavy atom. The third-order valence-electron chi connectivity index (χ3n) is 7.26. The molecule has 0 fully saturated rings. The SMILES string of the molecule is COc1ccc(S(=O)(=O)/N=C(\N)N/N=C2/CC(c3ccc(C(F)(F)F)cc3)Cc3c2c(=O)c2cc(Cl)ccc2n3O)cc1OC. The molecule has 1 aromatic heterocycles. The van der Waals surface area contributed by atoms with Gasteiger partial charge in [0.1, 0.15) is 0 Å². The largest absolute Gasteiger partial charge is 0.493 e. The number of nitrogens with two attached hydrogens (primary N) is 1. The summed E-state index contributed by atoms with van der Waals surface area (Å²) in [4.78, 5) is 13.4. The third-order valence-corrected chi connectivity index (χ3v) is 8.78. The summed E-state index contributed by atoms with van der Waals surface area (Å²) < 4.78 is 80.1. The zero-order valence-electron chi connectivity index (χ0n) is 23.6. The van der Waals surface area contributed by atoms with Gasteiger partial charge in [0.05, 0.1) is 52.6 Å². The molecule has 0 bridgehead atoms. The third kappa shape index (κ3) is 6.26. The first-order valence-corrected chi connectivity index (χ1v) is 14.9. The molecule has 0 spiro atoms. The number of halogens is 4. The van der Waals surface area contributed by atoms with Gasteiger partial charge in [0, 0.05) is 11.1 Å². The number of benzene rings is 3. The Morgan fingerprint density at radius 2 is 1.73 bits per heavy atom. The molecule has 1 atom stereocenters. The number of hydrazone groups is 1. The van der Waals surface area contributed by atoms with E-state index in [2.05, 4.69) is 14.9 Å². The minimum atomic E-state index is -4.53. The molecule has 0 amide bonds. The zero-order chi connectivity index (χ0) is 32.7. The summed E-state index contributed by atoms with van der Waals surface area (Å²) in [6, 6.07) is 12.7. The lowest BCUT2D eigenvalue weighted by molar-refractivity contribution is -0.137. The summed E-state index contributed by atoms with van der Waals surface area (Å²) in [6.45, 7) is 0. The van der Waals surface area contributed by atoms with Gasteiger partial charge in [0.25, 0.3) is 10.0 Å². The number of alkyl halides is 3. The molecular formula is C29H25ClF3N5O6S. The maximum atomic E-state index is 13.7. The Bertz CT molecular complexity index is 2030. The van der Waals surface area contributed by atoms with Crippen LogP contribution < -0.4 is 26.1 Å². The fraction of sp³-hybridized carbons (Fsp3) is 0.207. The summed E-state index contributed by atoms with van der Waals surface area (Å²) >= 11 is 6.10. The Labute approximate surface area is 259 Å². The number of methoxy groups -OCH3 is 2. The smallest absolute Gasteiger partial charge is 0.416 e. The number of pyridine rings is 1. The molecular weight excluding hydrogens is 639 g/mol. The van der Waals surface area contributed by atoms with Crippen LogP contribution in [-0.2, 0) is 22.6 Å². The van der Waals surface area contributed by atoms with Crippen LogP contribution in [0, 0.1) is 0 Å². The number of nitrogens with zero attached hydrogens (tertiary/aromatic N) is 3. The molecule has 0 aliphatic heterocycles. The molecule has 11 nitrogen and oxygen atoms in total. The average molecular weight is 664 g/mol. The van der Waals surface area contributed by atoms with Crippen molar-refractivity contribution in [1.82, 2.24) is 10.2 Å². The zero-order valence-corrected chi connectivity index (χ0v) is 25.2. The van der Waals surface area contributed by atoms with E-state index >= 15 is 0 Å². The summed E-state index contributed by atoms with van der Waals surface area (Å²) in [5, 5.41) is 15.7. The van der Waals surface area contributed by atoms with Gasteiger partial charge in [-0.1, -0.05) is 23.7 Å². The van der Waals surface area contributed by atoms with Crippen molar-refractivity contribution >= 4 is 44.2 Å². The molecule has 0 radical (unpaired) electrons. The predicted octanol–water partition coefficient (Wildman–Crippen LogP) is 4.66. The fourth-order valence-corrected chi connectivity index (χ4v) is 6.18. The molecule has 1 aliphatic rings. The van der Waals surface area contributed by atoms with Gasteiger partial charge in [0.15, 0.2) is 16.9 Å². The number of aromatic nitrogens is 1. The number of guanidine groups is 1. The number of rotatable bonds is 6. The molecule has 4 N–H and O–H groups in total. The van der Waals surface area contributed by atoms with Gasteiger partial charge in [-0.05, 0) is 66.8 Å². The fourth-order valence-electron chi connectivity index (χ4n) is 5.10. The lowest BCUT2D eigenvalue weighted by Crippen LogP contribution is -2.34. The van der Waals surface area contributed by atoms with Crippen molar-refractivity contribution in [3.8, 4) is 11.5 Å². The number of sulfonamides is 1. The van der Waals surface area contributed by atoms with Crippen molar-refractivity contribution in [3.05, 3.63) is 98.3 Å². The van der Waals surface area contributed by atoms with Crippen molar-refractivity contribution in [2.45, 2.75) is 29.8 Å². The Balaban J connectivity index is 1.57. The molecule has 5 rings (SSSR count). The molecule has 236 valence electrons. The van der Waals surface area contributed by atoms with E-state index in [1.54, 1.807) is 0 Å². The van der Waals surface area contributed by atoms with Gasteiger partial charge >= 0.3 is 6.18 Å². The molecule has 3 aromatic carbocycles. The van der Waals surface area contributed by atoms with Crippen molar-refractivity contribution in [2.75, 3.05) is 14.2 Å². The molecule has 4 aromatic rings. The lowest BCUT2D eigenvalue weighted by Gasteiger charge is -2.28. The maximum Gasteiger partial charge on any atom is 0.416 e. The van der Waals surface area contributed by atoms with Crippen LogP contribution in [0.25, 0.3) is 10.9 Å². The van der Waals surface area contributed by atoms with Crippen molar-refractivity contribution in [1.29, 1.82) is 0 Å². The quantitative estimate of drug-likeness (QED) is 0.116. The van der Waals surface area contributed by atoms with Gasteiger partial charge in [-0.2, -0.15) is 31.4 Å². The van der Waals surface area contributed by atoms with Crippen LogP contribution in [0.3, 0.4) is 0 Å². The van der Waals surface area contributed by atoms with Crippen molar-refractivity contribution in [2.24, 2.45) is 15.2 Å². The number of hydrogen-bond donors (Lipinski definition) is 3. The highest BCUT2D eigenvalue weighted by atomic mass is 35.5. The Hall–Kier alpha value is -4.76. The van der Waals surface area contributed by atoms with Crippen LogP contribution in [0.1, 0.15) is 34.7 Å². The topological polar surface area (TPSA) is 158 Å². The number of ether oxygens (including phenoxy) is 2. The van der Waals surface area contributed by atoms with Crippen LogP contribution in [-0.4, -0.2) is 44.2 Å². The second-order valence-corrected chi connectivity index (χ2v) is 12.0. The number of fused-ring (bicyclic) bond motifs is 2. The Kier molecular flexibility index (Phi) is 8.42. The highest BCUT2D eigenvalue weighted by Crippen LogP contribution is 2.36. The van der Waals surface area contributed by atoms with Crippen LogP contribution >= 0.6 is 11.6 Å². The molecule has 16 heteroatoms. The van der Waals surface area contributed by atoms with E-state index in [0.717, 1.165) is 16.9 Å². The van der Waals surface area contributed by atoms with Crippen LogP contribution in [0.2, 0.25) is 5.02 Å². The van der Waals surface area contributed by atoms with Crippen LogP contribution in [0.5, 0.6) is 11.5 Å². The summed E-state index contributed by atoms with van der Waals surface area (Å²) in [5.41, 5.74) is 7.72. The van der Waals surface area contributed by atoms with Gasteiger partial charge in [0.2, 0.25) is 5.96 Å². The summed E-state index contributed by atoms with van der Waals surface area (Å²) in [7, 11) is -1.64. The highest BCUT2D eigenvalue weighted by molar-refractivity contribution is 7.90. The molecule has 45 heavy (non-hydrogen) atoms. The molecule has 1 heterocycles. The highest BCUT2D eigenvalue weighted by Gasteiger charge is 2.33. The number of hydrogen-bond acceptors (Lipinski definition) is 7. The lowest BCUT2D eigenvalue weighted by atomic mass is 9.80. The molecule has 1 unspecified atom stereocenters. The van der Waals surface area contributed by atoms with E-state index in [9.17, 15) is 31.6 Å². The first-order chi connectivity index (χ1) is 21.2. The van der Waals surface area contributed by atoms with Gasteiger partial charge in [-0.15, -0.1) is 4.40 Å². The average Bonchev–Trinajstić information content (AvgIpc) is 3.01. The van der Waals surface area contributed by atoms with Gasteiger partial charge in [-0.3, -0.25) is 4.79 Å². The van der Waals surface area contributed by atoms with E-state index in [4.69, 9.17) is 26.8 Å². The monoisotopic (exact) mass is 663 g/mol. The standard InChI is InChI=1S/C29H25ClF3N5O6S/c1-43-24-10-8-19(14-25(24)44-2)45(41,42)37-28(34)36-35-21-11-16(15-3-5-17(6-4-15)29(31,32)33)12-23-26(21)27(39)20-13-18(30)7-9-22(20)38(23)40/h3-10,13-14,16,40H,11-12H2,1-2H3,(H3,34,36,37)/b35-21-. The van der Waals surface area contributed by atoms with E-state index in [0.29, 0.717) is 11.3 Å². The number of nitrogens with one attached hydrogen (secondary N) is 1. The van der Waals surface area contributed by atoms with Crippen LogP contribution in [0.4, 0.5) is 13.2 Å². The van der Waals surface area contributed by atoms with Crippen molar-refractivity contribution < 1.29 is 36.3 Å². The van der Waals surface area contributed by atoms with Gasteiger partial charge < -0.3 is 20.4 Å². The summed E-state index contributed by atoms with van der Waals surface area (Å²) in [5.74, 6) is -0.749. The molecule has 0 saturated carbocycles. The second-order valence-electron chi connectivity index (χ2n) is 9.99. The van der Waals surface area contributed by atoms with Crippen molar-refractivity contribution in [3.63, 3.8) is 0 Å². The van der Waals surface area contributed by atoms with E-state index < -0.39 is 39.1 Å². The maximum absolute atomic E-state index is 13.7. The minimum absolute atomic E-state index is 0.00141. The minimum Gasteiger partial charge on any atom is -0.493 e. The molecule has 1 aliphatic carbocycles. The normalized spacial score (nSPS) is 16.4.